The maximum absolute atomic E-state index is 12.4. The van der Waals surface area contributed by atoms with Gasteiger partial charge in [0.15, 0.2) is 0 Å². The van der Waals surface area contributed by atoms with Gasteiger partial charge in [0.25, 0.3) is 11.6 Å². The summed E-state index contributed by atoms with van der Waals surface area (Å²) >= 11 is 0. The molecule has 2 amide bonds. The minimum absolute atomic E-state index is 0.0566. The van der Waals surface area contributed by atoms with E-state index in [4.69, 9.17) is 0 Å². The van der Waals surface area contributed by atoms with E-state index in [2.05, 4.69) is 10.6 Å². The maximum Gasteiger partial charge on any atom is 0.270 e. The van der Waals surface area contributed by atoms with Crippen LogP contribution in [0, 0.1) is 10.1 Å². The summed E-state index contributed by atoms with van der Waals surface area (Å²) in [6, 6.07) is 19.9. The lowest BCUT2D eigenvalue weighted by Gasteiger charge is -2.11. The number of benzene rings is 3. The van der Waals surface area contributed by atoms with Gasteiger partial charge in [-0.05, 0) is 54.0 Å². The Kier molecular flexibility index (Phi) is 6.32. The molecule has 3 aromatic rings. The molecule has 1 saturated heterocycles. The number of hydrogen-bond donors (Lipinski definition) is 2. The minimum atomic E-state index is -0.471. The second-order valence-electron chi connectivity index (χ2n) is 8.71. The highest BCUT2D eigenvalue weighted by Gasteiger charge is 2.26. The van der Waals surface area contributed by atoms with Crippen molar-refractivity contribution in [3.63, 3.8) is 0 Å². The summed E-state index contributed by atoms with van der Waals surface area (Å²) in [5, 5.41) is 17.2. The SMILES string of the molecule is O=C1Nc2ccc([N+](=O)[O-])cc2/C1=C/c1ccc(Nc2ccc(/C=C\CN3CCCC3=O)cc2)cc1. The smallest absolute Gasteiger partial charge is 0.270 e. The van der Waals surface area contributed by atoms with Gasteiger partial charge < -0.3 is 15.5 Å². The number of carbonyl (C=O) groups excluding carboxylic acids is 2. The largest absolute Gasteiger partial charge is 0.356 e. The quantitative estimate of drug-likeness (QED) is 0.265. The van der Waals surface area contributed by atoms with Gasteiger partial charge in [0.2, 0.25) is 5.91 Å². The van der Waals surface area contributed by atoms with Crippen LogP contribution < -0.4 is 10.6 Å². The number of fused-ring (bicyclic) bond motifs is 1. The van der Waals surface area contributed by atoms with Crippen LogP contribution in [0.15, 0.2) is 72.8 Å². The zero-order valence-corrected chi connectivity index (χ0v) is 19.4. The van der Waals surface area contributed by atoms with Gasteiger partial charge in [-0.3, -0.25) is 19.7 Å². The number of nitro groups is 1. The van der Waals surface area contributed by atoms with Gasteiger partial charge in [-0.1, -0.05) is 36.4 Å². The Bertz CT molecular complexity index is 1390. The average molecular weight is 481 g/mol. The van der Waals surface area contributed by atoms with E-state index < -0.39 is 4.92 Å². The Balaban J connectivity index is 1.23. The molecule has 180 valence electrons. The molecule has 0 unspecified atom stereocenters. The third-order valence-corrected chi connectivity index (χ3v) is 6.23. The summed E-state index contributed by atoms with van der Waals surface area (Å²) in [6.45, 7) is 1.48. The number of rotatable bonds is 7. The molecule has 8 nitrogen and oxygen atoms in total. The Morgan fingerprint density at radius 1 is 0.972 bits per heavy atom. The van der Waals surface area contributed by atoms with Gasteiger partial charge in [-0.2, -0.15) is 0 Å². The van der Waals surface area contributed by atoms with Gasteiger partial charge >= 0.3 is 0 Å². The highest BCUT2D eigenvalue weighted by atomic mass is 16.6. The second kappa shape index (κ2) is 9.87. The topological polar surface area (TPSA) is 105 Å². The van der Waals surface area contributed by atoms with Crippen LogP contribution in [0.5, 0.6) is 0 Å². The summed E-state index contributed by atoms with van der Waals surface area (Å²) in [4.78, 5) is 36.6. The maximum atomic E-state index is 12.4. The number of hydrogen-bond acceptors (Lipinski definition) is 5. The van der Waals surface area contributed by atoms with Crippen LogP contribution in [0.1, 0.15) is 29.5 Å². The number of nitrogens with one attached hydrogen (secondary N) is 2. The predicted octanol–water partition coefficient (Wildman–Crippen LogP) is 5.47. The van der Waals surface area contributed by atoms with E-state index >= 15 is 0 Å². The molecule has 0 aliphatic carbocycles. The number of non-ortho nitro benzene ring substituents is 1. The molecule has 36 heavy (non-hydrogen) atoms. The van der Waals surface area contributed by atoms with E-state index in [0.29, 0.717) is 29.8 Å². The highest BCUT2D eigenvalue weighted by Crippen LogP contribution is 2.35. The fourth-order valence-corrected chi connectivity index (χ4v) is 4.32. The van der Waals surface area contributed by atoms with Crippen molar-refractivity contribution in [2.24, 2.45) is 0 Å². The molecule has 2 N–H and O–H groups in total. The van der Waals surface area contributed by atoms with Crippen molar-refractivity contribution >= 4 is 52.3 Å². The molecule has 0 atom stereocenters. The third-order valence-electron chi connectivity index (χ3n) is 6.23. The summed E-state index contributed by atoms with van der Waals surface area (Å²) in [5.74, 6) is -0.0597. The first-order chi connectivity index (χ1) is 17.5. The predicted molar refractivity (Wildman–Crippen MR) is 141 cm³/mol. The Morgan fingerprint density at radius 3 is 2.31 bits per heavy atom. The van der Waals surface area contributed by atoms with Crippen LogP contribution in [-0.4, -0.2) is 34.7 Å². The zero-order chi connectivity index (χ0) is 25.1. The molecule has 2 aliphatic heterocycles. The zero-order valence-electron chi connectivity index (χ0n) is 19.4. The van der Waals surface area contributed by atoms with Crippen molar-refractivity contribution in [1.29, 1.82) is 0 Å². The first-order valence-electron chi connectivity index (χ1n) is 11.7. The van der Waals surface area contributed by atoms with Gasteiger partial charge in [0.1, 0.15) is 0 Å². The lowest BCUT2D eigenvalue weighted by Crippen LogP contribution is -2.24. The monoisotopic (exact) mass is 480 g/mol. The summed E-state index contributed by atoms with van der Waals surface area (Å²) in [5.41, 5.74) is 5.12. The Hall–Kier alpha value is -4.72. The van der Waals surface area contributed by atoms with Crippen LogP contribution in [0.4, 0.5) is 22.7 Å². The van der Waals surface area contributed by atoms with Gasteiger partial charge in [0, 0.05) is 59.8 Å². The molecule has 2 heterocycles. The molecule has 5 rings (SSSR count). The van der Waals surface area contributed by atoms with E-state index in [0.717, 1.165) is 35.5 Å². The average Bonchev–Trinajstić information content (AvgIpc) is 3.43. The van der Waals surface area contributed by atoms with Crippen molar-refractivity contribution in [3.05, 3.63) is 99.6 Å². The van der Waals surface area contributed by atoms with Crippen LogP contribution >= 0.6 is 0 Å². The number of anilines is 3. The second-order valence-corrected chi connectivity index (χ2v) is 8.71. The van der Waals surface area contributed by atoms with E-state index in [9.17, 15) is 19.7 Å². The number of likely N-dealkylation sites (tertiary alicyclic amines) is 1. The molecule has 0 radical (unpaired) electrons. The molecule has 3 aromatic carbocycles. The standard InChI is InChI=1S/C28H24N4O4/c33-27-4-2-16-31(27)15-1-3-19-5-9-21(10-6-19)29-22-11-7-20(8-12-22)17-25-24-18-23(32(35)36)13-14-26(24)30-28(25)34/h1,3,5-14,17-18,29H,2,4,15-16H2,(H,30,34)/b3-1-,25-17-. The van der Waals surface area contributed by atoms with Gasteiger partial charge in [0.05, 0.1) is 4.92 Å². The molecule has 2 aliphatic rings. The summed E-state index contributed by atoms with van der Waals surface area (Å²) < 4.78 is 0. The molecule has 0 aromatic heterocycles. The van der Waals surface area contributed by atoms with Crippen LogP contribution in [0.3, 0.4) is 0 Å². The fraction of sp³-hybridized carbons (Fsp3) is 0.143. The van der Waals surface area contributed by atoms with Crippen LogP contribution in [0.2, 0.25) is 0 Å². The van der Waals surface area contributed by atoms with E-state index in [1.165, 1.54) is 12.1 Å². The highest BCUT2D eigenvalue weighted by molar-refractivity contribution is 6.35. The van der Waals surface area contributed by atoms with Crippen molar-refractivity contribution in [3.8, 4) is 0 Å². The first-order valence-corrected chi connectivity index (χ1v) is 11.7. The van der Waals surface area contributed by atoms with Crippen molar-refractivity contribution in [2.75, 3.05) is 23.7 Å². The number of carbonyl (C=O) groups is 2. The van der Waals surface area contributed by atoms with Crippen molar-refractivity contribution in [1.82, 2.24) is 4.90 Å². The van der Waals surface area contributed by atoms with Crippen LogP contribution in [-0.2, 0) is 9.59 Å². The fourth-order valence-electron chi connectivity index (χ4n) is 4.32. The number of amides is 2. The lowest BCUT2D eigenvalue weighted by molar-refractivity contribution is -0.384. The normalized spacial score (nSPS) is 16.0. The third kappa shape index (κ3) is 5.02. The van der Waals surface area contributed by atoms with Gasteiger partial charge in [-0.15, -0.1) is 0 Å². The molecule has 0 spiro atoms. The molecule has 0 saturated carbocycles. The molecular formula is C28H24N4O4. The molecule has 8 heteroatoms. The van der Waals surface area contributed by atoms with Crippen molar-refractivity contribution in [2.45, 2.75) is 12.8 Å². The molecule has 0 bridgehead atoms. The molecular weight excluding hydrogens is 456 g/mol. The van der Waals surface area contributed by atoms with Crippen molar-refractivity contribution < 1.29 is 14.5 Å². The lowest BCUT2D eigenvalue weighted by atomic mass is 10.0. The van der Waals surface area contributed by atoms with E-state index in [1.54, 1.807) is 12.1 Å². The Labute approximate surface area is 208 Å². The summed E-state index contributed by atoms with van der Waals surface area (Å²) in [7, 11) is 0. The van der Waals surface area contributed by atoms with E-state index in [1.807, 2.05) is 65.6 Å². The van der Waals surface area contributed by atoms with Gasteiger partial charge in [-0.25, -0.2) is 0 Å². The number of nitro benzene ring substituents is 1. The Morgan fingerprint density at radius 2 is 1.67 bits per heavy atom. The molecule has 1 fully saturated rings. The first kappa shape index (κ1) is 23.0. The number of nitrogens with zero attached hydrogens (tertiary/aromatic N) is 2. The summed E-state index contributed by atoms with van der Waals surface area (Å²) in [6.07, 6.45) is 7.36. The minimum Gasteiger partial charge on any atom is -0.356 e. The van der Waals surface area contributed by atoms with Crippen LogP contribution in [0.25, 0.3) is 17.7 Å². The van der Waals surface area contributed by atoms with E-state index in [-0.39, 0.29) is 17.5 Å².